The van der Waals surface area contributed by atoms with Crippen LogP contribution in [-0.4, -0.2) is 35.5 Å². The van der Waals surface area contributed by atoms with E-state index >= 15 is 0 Å². The van der Waals surface area contributed by atoms with Gasteiger partial charge in [0.05, 0.1) is 25.8 Å². The van der Waals surface area contributed by atoms with Crippen LogP contribution in [0.3, 0.4) is 0 Å². The summed E-state index contributed by atoms with van der Waals surface area (Å²) in [6.45, 7) is 1.87. The Balaban J connectivity index is 1.86. The van der Waals surface area contributed by atoms with Crippen molar-refractivity contribution in [3.8, 4) is 0 Å². The van der Waals surface area contributed by atoms with E-state index in [1.807, 2.05) is 0 Å². The minimum absolute atomic E-state index is 0.0633. The highest BCUT2D eigenvalue weighted by molar-refractivity contribution is 5.85. The van der Waals surface area contributed by atoms with Crippen LogP contribution in [-0.2, 0) is 11.3 Å². The van der Waals surface area contributed by atoms with Gasteiger partial charge in [-0.15, -0.1) is 0 Å². The van der Waals surface area contributed by atoms with Crippen LogP contribution in [0, 0.1) is 0 Å². The zero-order chi connectivity index (χ0) is 9.97. The number of hydrogen-bond donors (Lipinski definition) is 2. The summed E-state index contributed by atoms with van der Waals surface area (Å²) in [7, 11) is 0. The summed E-state index contributed by atoms with van der Waals surface area (Å²) in [4.78, 5) is 10.5. The van der Waals surface area contributed by atoms with Crippen molar-refractivity contribution in [2.24, 2.45) is 0 Å². The van der Waals surface area contributed by atoms with Gasteiger partial charge in [0.1, 0.15) is 0 Å². The smallest absolute Gasteiger partial charge is 0.358 e. The molecule has 0 aliphatic carbocycles. The van der Waals surface area contributed by atoms with Crippen LogP contribution in [0.5, 0.6) is 0 Å². The van der Waals surface area contributed by atoms with Gasteiger partial charge in [-0.1, -0.05) is 5.16 Å². The maximum atomic E-state index is 10.5. The number of nitrogens with zero attached hydrogens (tertiary/aromatic N) is 1. The third-order valence-corrected chi connectivity index (χ3v) is 1.98. The minimum atomic E-state index is -1.08. The fourth-order valence-corrected chi connectivity index (χ4v) is 1.10. The molecule has 0 amide bonds. The van der Waals surface area contributed by atoms with Crippen LogP contribution in [0.4, 0.5) is 0 Å². The molecule has 0 bridgehead atoms. The van der Waals surface area contributed by atoms with Gasteiger partial charge in [-0.2, -0.15) is 0 Å². The molecule has 0 aromatic carbocycles. The molecule has 14 heavy (non-hydrogen) atoms. The largest absolute Gasteiger partial charge is 0.476 e. The first-order valence-corrected chi connectivity index (χ1v) is 4.26. The number of carboxylic acid groups (broad SMARTS) is 1. The van der Waals surface area contributed by atoms with Gasteiger partial charge in [0.25, 0.3) is 0 Å². The van der Waals surface area contributed by atoms with E-state index < -0.39 is 5.97 Å². The van der Waals surface area contributed by atoms with Gasteiger partial charge >= 0.3 is 5.97 Å². The van der Waals surface area contributed by atoms with Crippen molar-refractivity contribution in [3.05, 3.63) is 17.5 Å². The van der Waals surface area contributed by atoms with E-state index in [9.17, 15) is 4.79 Å². The van der Waals surface area contributed by atoms with Gasteiger partial charge in [-0.25, -0.2) is 4.79 Å². The van der Waals surface area contributed by atoms with Gasteiger partial charge in [0.2, 0.25) is 0 Å². The van der Waals surface area contributed by atoms with Crippen molar-refractivity contribution in [3.63, 3.8) is 0 Å². The van der Waals surface area contributed by atoms with Crippen molar-refractivity contribution >= 4 is 5.97 Å². The summed E-state index contributed by atoms with van der Waals surface area (Å²) in [5.74, 6) is -0.554. The van der Waals surface area contributed by atoms with Crippen LogP contribution in [0.25, 0.3) is 0 Å². The Morgan fingerprint density at radius 2 is 2.50 bits per heavy atom. The second-order valence-electron chi connectivity index (χ2n) is 3.10. The van der Waals surface area contributed by atoms with E-state index in [0.717, 1.165) is 0 Å². The number of hydrogen-bond acceptors (Lipinski definition) is 5. The molecule has 0 radical (unpaired) electrons. The SMILES string of the molecule is O=C(O)c1cc(CNC2COC2)on1. The van der Waals surface area contributed by atoms with E-state index in [-0.39, 0.29) is 5.69 Å². The lowest BCUT2D eigenvalue weighted by atomic mass is 10.2. The quantitative estimate of drug-likeness (QED) is 0.700. The zero-order valence-electron chi connectivity index (χ0n) is 7.40. The Bertz CT molecular complexity index is 332. The molecule has 2 rings (SSSR count). The number of rotatable bonds is 4. The lowest BCUT2D eigenvalue weighted by Crippen LogP contribution is -2.45. The second-order valence-corrected chi connectivity index (χ2v) is 3.10. The molecular weight excluding hydrogens is 188 g/mol. The highest BCUT2D eigenvalue weighted by Gasteiger charge is 2.18. The van der Waals surface area contributed by atoms with Gasteiger partial charge in [0.15, 0.2) is 11.5 Å². The lowest BCUT2D eigenvalue weighted by Gasteiger charge is -2.26. The molecule has 0 saturated carbocycles. The first kappa shape index (κ1) is 9.17. The second kappa shape index (κ2) is 3.77. The molecule has 1 aromatic rings. The Morgan fingerprint density at radius 3 is 3.00 bits per heavy atom. The molecule has 6 heteroatoms. The molecule has 0 atom stereocenters. The lowest BCUT2D eigenvalue weighted by molar-refractivity contribution is -0.00658. The number of carboxylic acids is 1. The number of ether oxygens (including phenoxy) is 1. The molecule has 1 saturated heterocycles. The predicted octanol–water partition coefficient (Wildman–Crippen LogP) is -0.139. The topological polar surface area (TPSA) is 84.6 Å². The molecule has 1 aromatic heterocycles. The van der Waals surface area contributed by atoms with Gasteiger partial charge in [0, 0.05) is 6.07 Å². The maximum Gasteiger partial charge on any atom is 0.358 e. The van der Waals surface area contributed by atoms with Crippen molar-refractivity contribution in [1.29, 1.82) is 0 Å². The third kappa shape index (κ3) is 1.91. The van der Waals surface area contributed by atoms with Crippen LogP contribution < -0.4 is 5.32 Å². The molecule has 1 fully saturated rings. The Hall–Kier alpha value is -1.40. The van der Waals surface area contributed by atoms with Gasteiger partial charge in [-0.3, -0.25) is 0 Å². The van der Waals surface area contributed by atoms with Crippen molar-refractivity contribution < 1.29 is 19.2 Å². The van der Waals surface area contributed by atoms with E-state index in [1.165, 1.54) is 6.07 Å². The van der Waals surface area contributed by atoms with E-state index in [4.69, 9.17) is 14.4 Å². The van der Waals surface area contributed by atoms with Crippen LogP contribution in [0.2, 0.25) is 0 Å². The number of aromatic carboxylic acids is 1. The van der Waals surface area contributed by atoms with Crippen LogP contribution in [0.1, 0.15) is 16.2 Å². The molecule has 76 valence electrons. The standard InChI is InChI=1S/C8H10N2O4/c11-8(12)7-1-6(14-10-7)2-9-5-3-13-4-5/h1,5,9H,2-4H2,(H,11,12). The number of carbonyl (C=O) groups is 1. The third-order valence-electron chi connectivity index (χ3n) is 1.98. The van der Waals surface area contributed by atoms with Gasteiger partial charge < -0.3 is 19.7 Å². The molecule has 1 aliphatic heterocycles. The van der Waals surface area contributed by atoms with Crippen LogP contribution in [0.15, 0.2) is 10.6 Å². The van der Waals surface area contributed by atoms with Crippen molar-refractivity contribution in [2.75, 3.05) is 13.2 Å². The summed E-state index contributed by atoms with van der Waals surface area (Å²) in [5, 5.41) is 15.1. The fraction of sp³-hybridized carbons (Fsp3) is 0.500. The molecular formula is C8H10N2O4. The first-order valence-electron chi connectivity index (χ1n) is 4.26. The fourth-order valence-electron chi connectivity index (χ4n) is 1.10. The molecule has 0 unspecified atom stereocenters. The van der Waals surface area contributed by atoms with Gasteiger partial charge in [-0.05, 0) is 0 Å². The van der Waals surface area contributed by atoms with Crippen molar-refractivity contribution in [1.82, 2.24) is 10.5 Å². The number of aromatic nitrogens is 1. The number of nitrogens with one attached hydrogen (secondary N) is 1. The summed E-state index contributed by atoms with van der Waals surface area (Å²) in [5.41, 5.74) is -0.0633. The maximum absolute atomic E-state index is 10.5. The normalized spacial score (nSPS) is 16.6. The highest BCUT2D eigenvalue weighted by Crippen LogP contribution is 2.05. The van der Waals surface area contributed by atoms with E-state index in [1.54, 1.807) is 0 Å². The van der Waals surface area contributed by atoms with E-state index in [2.05, 4.69) is 10.5 Å². The van der Waals surface area contributed by atoms with E-state index in [0.29, 0.717) is 31.6 Å². The highest BCUT2D eigenvalue weighted by atomic mass is 16.5. The molecule has 6 nitrogen and oxygen atoms in total. The Kier molecular flexibility index (Phi) is 2.47. The Morgan fingerprint density at radius 1 is 1.71 bits per heavy atom. The molecule has 1 aliphatic rings. The van der Waals surface area contributed by atoms with Crippen LogP contribution >= 0.6 is 0 Å². The monoisotopic (exact) mass is 198 g/mol. The summed E-state index contributed by atoms with van der Waals surface area (Å²) in [6, 6.07) is 1.75. The summed E-state index contributed by atoms with van der Waals surface area (Å²) in [6.07, 6.45) is 0. The summed E-state index contributed by atoms with van der Waals surface area (Å²) < 4.78 is 9.77. The van der Waals surface area contributed by atoms with Crippen molar-refractivity contribution in [2.45, 2.75) is 12.6 Å². The molecule has 2 heterocycles. The Labute approximate surface area is 79.8 Å². The minimum Gasteiger partial charge on any atom is -0.476 e. The average Bonchev–Trinajstić information content (AvgIpc) is 2.50. The average molecular weight is 198 g/mol. The molecule has 2 N–H and O–H groups in total. The zero-order valence-corrected chi connectivity index (χ0v) is 7.40. The summed E-state index contributed by atoms with van der Waals surface area (Å²) >= 11 is 0. The first-order chi connectivity index (χ1) is 6.75. The molecule has 0 spiro atoms. The predicted molar refractivity (Wildman–Crippen MR) is 44.9 cm³/mol.